The number of hydrogen-bond donors (Lipinski definition) is 2. The molecule has 1 aliphatic heterocycles. The number of aliphatic carboxylic acids is 2. The molecule has 0 bridgehead atoms. The molecular formula is C27H22N2O7. The number of hydrazone groups is 1. The Morgan fingerprint density at radius 3 is 2.17 bits per heavy atom. The van der Waals surface area contributed by atoms with Crippen molar-refractivity contribution in [1.82, 2.24) is 0 Å². The molecular weight excluding hydrogens is 464 g/mol. The van der Waals surface area contributed by atoms with Crippen LogP contribution in [0.2, 0.25) is 0 Å². The van der Waals surface area contributed by atoms with Crippen LogP contribution in [0.1, 0.15) is 16.7 Å². The number of nitrogens with zero attached hydrogens (tertiary/aromatic N) is 2. The van der Waals surface area contributed by atoms with Crippen LogP contribution < -0.4 is 14.5 Å². The third-order valence-electron chi connectivity index (χ3n) is 5.18. The summed E-state index contributed by atoms with van der Waals surface area (Å²) in [5.74, 6) is -2.64. The Bertz CT molecular complexity index is 1360. The Labute approximate surface area is 206 Å². The highest BCUT2D eigenvalue weighted by atomic mass is 16.5. The van der Waals surface area contributed by atoms with E-state index in [0.717, 1.165) is 11.1 Å². The number of carboxylic acids is 2. The lowest BCUT2D eigenvalue weighted by atomic mass is 10.00. The van der Waals surface area contributed by atoms with Gasteiger partial charge < -0.3 is 19.7 Å². The van der Waals surface area contributed by atoms with Crippen LogP contribution in [0.15, 0.2) is 83.5 Å². The van der Waals surface area contributed by atoms with Crippen LogP contribution in [0.25, 0.3) is 6.08 Å². The minimum atomic E-state index is -1.21. The first-order valence-electron chi connectivity index (χ1n) is 10.9. The quantitative estimate of drug-likeness (QED) is 0.441. The number of rotatable bonds is 9. The lowest BCUT2D eigenvalue weighted by molar-refractivity contribution is -0.140. The standard InChI is InChI=1S/C27H22N2O7/c1-17-7-10-20(11-8-17)29-27(34)21(26(28-29)19-5-3-2-4-6-19)13-18-9-12-22(35-15-24(30)31)23(14-18)36-16-25(32)33/h2-14H,15-16H2,1H3,(H,30,31)(H,32,33)/b21-13-. The summed E-state index contributed by atoms with van der Waals surface area (Å²) in [5.41, 5.74) is 3.72. The summed E-state index contributed by atoms with van der Waals surface area (Å²) < 4.78 is 10.5. The number of carbonyl (C=O) groups excluding carboxylic acids is 1. The average Bonchev–Trinajstić information content (AvgIpc) is 3.18. The minimum Gasteiger partial charge on any atom is -0.479 e. The molecule has 3 aromatic rings. The fourth-order valence-corrected chi connectivity index (χ4v) is 3.51. The summed E-state index contributed by atoms with van der Waals surface area (Å²) in [6, 6.07) is 21.2. The van der Waals surface area contributed by atoms with Gasteiger partial charge in [-0.1, -0.05) is 54.1 Å². The third kappa shape index (κ3) is 5.58. The molecule has 4 rings (SSSR count). The summed E-state index contributed by atoms with van der Waals surface area (Å²) in [6.45, 7) is 0.673. The fourth-order valence-electron chi connectivity index (χ4n) is 3.51. The van der Waals surface area contributed by atoms with Gasteiger partial charge in [-0.15, -0.1) is 0 Å². The number of amides is 1. The van der Waals surface area contributed by atoms with E-state index in [0.29, 0.717) is 22.5 Å². The number of ether oxygens (including phenoxy) is 2. The monoisotopic (exact) mass is 486 g/mol. The van der Waals surface area contributed by atoms with Gasteiger partial charge in [0.25, 0.3) is 5.91 Å². The Morgan fingerprint density at radius 2 is 1.53 bits per heavy atom. The largest absolute Gasteiger partial charge is 0.479 e. The van der Waals surface area contributed by atoms with E-state index in [4.69, 9.17) is 19.7 Å². The predicted octanol–water partition coefficient (Wildman–Crippen LogP) is 3.76. The first-order chi connectivity index (χ1) is 17.3. The number of carbonyl (C=O) groups is 3. The van der Waals surface area contributed by atoms with E-state index in [1.807, 2.05) is 61.5 Å². The average molecular weight is 486 g/mol. The molecule has 0 fully saturated rings. The highest BCUT2D eigenvalue weighted by Gasteiger charge is 2.32. The highest BCUT2D eigenvalue weighted by molar-refractivity contribution is 6.37. The van der Waals surface area contributed by atoms with Gasteiger partial charge in [-0.2, -0.15) is 10.1 Å². The molecule has 3 aromatic carbocycles. The van der Waals surface area contributed by atoms with Gasteiger partial charge in [0.2, 0.25) is 0 Å². The molecule has 0 saturated carbocycles. The first kappa shape index (κ1) is 24.2. The first-order valence-corrected chi connectivity index (χ1v) is 10.9. The summed E-state index contributed by atoms with van der Waals surface area (Å²) in [5, 5.41) is 23.8. The van der Waals surface area contributed by atoms with Crippen molar-refractivity contribution in [3.63, 3.8) is 0 Å². The van der Waals surface area contributed by atoms with Crippen molar-refractivity contribution >= 4 is 35.3 Å². The molecule has 0 radical (unpaired) electrons. The van der Waals surface area contributed by atoms with Crippen LogP contribution in [-0.2, 0) is 14.4 Å². The maximum atomic E-state index is 13.5. The number of anilines is 1. The molecule has 1 aliphatic rings. The van der Waals surface area contributed by atoms with Crippen molar-refractivity contribution in [1.29, 1.82) is 0 Å². The SMILES string of the molecule is Cc1ccc(N2N=C(c3ccccc3)/C(=C/c3ccc(OCC(=O)O)c(OCC(=O)O)c3)C2=O)cc1. The van der Waals surface area contributed by atoms with Crippen LogP contribution in [0, 0.1) is 6.92 Å². The molecule has 1 amide bonds. The van der Waals surface area contributed by atoms with Crippen LogP contribution in [-0.4, -0.2) is 47.0 Å². The van der Waals surface area contributed by atoms with Crippen LogP contribution in [0.3, 0.4) is 0 Å². The molecule has 182 valence electrons. The van der Waals surface area contributed by atoms with E-state index < -0.39 is 25.2 Å². The zero-order valence-electron chi connectivity index (χ0n) is 19.2. The lowest BCUT2D eigenvalue weighted by Crippen LogP contribution is -2.21. The van der Waals surface area contributed by atoms with Gasteiger partial charge in [0.15, 0.2) is 24.7 Å². The molecule has 0 aromatic heterocycles. The third-order valence-corrected chi connectivity index (χ3v) is 5.18. The lowest BCUT2D eigenvalue weighted by Gasteiger charge is -2.12. The maximum absolute atomic E-state index is 13.5. The van der Waals surface area contributed by atoms with Crippen LogP contribution >= 0.6 is 0 Å². The van der Waals surface area contributed by atoms with E-state index in [2.05, 4.69) is 5.10 Å². The highest BCUT2D eigenvalue weighted by Crippen LogP contribution is 2.32. The molecule has 0 aliphatic carbocycles. The predicted molar refractivity (Wildman–Crippen MR) is 132 cm³/mol. The topological polar surface area (TPSA) is 126 Å². The van der Waals surface area contributed by atoms with Gasteiger partial charge in [0.1, 0.15) is 5.71 Å². The molecule has 0 unspecified atom stereocenters. The number of aryl methyl sites for hydroxylation is 1. The Morgan fingerprint density at radius 1 is 0.889 bits per heavy atom. The van der Waals surface area contributed by atoms with E-state index in [1.54, 1.807) is 12.1 Å². The van der Waals surface area contributed by atoms with E-state index in [1.165, 1.54) is 17.1 Å². The van der Waals surface area contributed by atoms with Gasteiger partial charge in [0, 0.05) is 5.56 Å². The smallest absolute Gasteiger partial charge is 0.341 e. The maximum Gasteiger partial charge on any atom is 0.341 e. The Kier molecular flexibility index (Phi) is 7.10. The number of carboxylic acid groups (broad SMARTS) is 2. The molecule has 1 heterocycles. The van der Waals surface area contributed by atoms with Gasteiger partial charge in [-0.25, -0.2) is 9.59 Å². The Balaban J connectivity index is 1.75. The second-order valence-corrected chi connectivity index (χ2v) is 7.90. The molecule has 0 spiro atoms. The molecule has 2 N–H and O–H groups in total. The molecule has 0 atom stereocenters. The second-order valence-electron chi connectivity index (χ2n) is 7.90. The van der Waals surface area contributed by atoms with E-state index in [9.17, 15) is 14.4 Å². The van der Waals surface area contributed by atoms with E-state index >= 15 is 0 Å². The second kappa shape index (κ2) is 10.6. The van der Waals surface area contributed by atoms with Crippen molar-refractivity contribution in [3.05, 3.63) is 95.1 Å². The van der Waals surface area contributed by atoms with Crippen molar-refractivity contribution in [2.45, 2.75) is 6.92 Å². The number of benzene rings is 3. The van der Waals surface area contributed by atoms with Crippen molar-refractivity contribution < 1.29 is 34.1 Å². The van der Waals surface area contributed by atoms with Crippen molar-refractivity contribution in [2.24, 2.45) is 5.10 Å². The summed E-state index contributed by atoms with van der Waals surface area (Å²) >= 11 is 0. The molecule has 36 heavy (non-hydrogen) atoms. The van der Waals surface area contributed by atoms with Crippen molar-refractivity contribution in [3.8, 4) is 11.5 Å². The zero-order valence-corrected chi connectivity index (χ0v) is 19.2. The van der Waals surface area contributed by atoms with Gasteiger partial charge in [-0.3, -0.25) is 4.79 Å². The van der Waals surface area contributed by atoms with E-state index in [-0.39, 0.29) is 17.4 Å². The summed E-state index contributed by atoms with van der Waals surface area (Å²) in [6.07, 6.45) is 1.62. The Hall–Kier alpha value is -4.92. The normalized spacial score (nSPS) is 14.0. The zero-order chi connectivity index (χ0) is 25.7. The van der Waals surface area contributed by atoms with Crippen LogP contribution in [0.5, 0.6) is 11.5 Å². The number of hydrogen-bond acceptors (Lipinski definition) is 6. The molecule has 9 heteroatoms. The summed E-state index contributed by atoms with van der Waals surface area (Å²) in [4.78, 5) is 35.4. The van der Waals surface area contributed by atoms with Crippen molar-refractivity contribution in [2.75, 3.05) is 18.2 Å². The van der Waals surface area contributed by atoms with Gasteiger partial charge >= 0.3 is 11.9 Å². The fraction of sp³-hybridized carbons (Fsp3) is 0.111. The molecule has 9 nitrogen and oxygen atoms in total. The minimum absolute atomic E-state index is 0.0343. The van der Waals surface area contributed by atoms with Crippen LogP contribution in [0.4, 0.5) is 5.69 Å². The summed E-state index contributed by atoms with van der Waals surface area (Å²) in [7, 11) is 0. The molecule has 0 saturated heterocycles. The van der Waals surface area contributed by atoms with Gasteiger partial charge in [0.05, 0.1) is 11.3 Å². The van der Waals surface area contributed by atoms with Gasteiger partial charge in [-0.05, 0) is 42.8 Å².